The van der Waals surface area contributed by atoms with Crippen LogP contribution < -0.4 is 4.90 Å². The van der Waals surface area contributed by atoms with Crippen molar-refractivity contribution >= 4 is 34.2 Å². The highest BCUT2D eigenvalue weighted by Crippen LogP contribution is 2.41. The normalized spacial score (nSPS) is 20.5. The van der Waals surface area contributed by atoms with Gasteiger partial charge in [-0.15, -0.1) is 0 Å². The van der Waals surface area contributed by atoms with Gasteiger partial charge in [0.1, 0.15) is 11.5 Å². The third-order valence-electron chi connectivity index (χ3n) is 4.43. The number of halogens is 1. The first-order valence-corrected chi connectivity index (χ1v) is 10.0. The molecule has 1 aliphatic heterocycles. The van der Waals surface area contributed by atoms with Crippen molar-refractivity contribution in [1.29, 1.82) is 0 Å². The van der Waals surface area contributed by atoms with Crippen molar-refractivity contribution in [2.75, 3.05) is 17.2 Å². The monoisotopic (exact) mass is 363 g/mol. The first-order valence-electron chi connectivity index (χ1n) is 8.33. The Labute approximate surface area is 151 Å². The van der Waals surface area contributed by atoms with Gasteiger partial charge in [-0.05, 0) is 35.8 Å². The van der Waals surface area contributed by atoms with E-state index in [1.54, 1.807) is 12.1 Å². The summed E-state index contributed by atoms with van der Waals surface area (Å²) in [6.07, 6.45) is 3.32. The molecular formula is C19H22ClNO2S. The van der Waals surface area contributed by atoms with E-state index in [-0.39, 0.29) is 5.75 Å². The van der Waals surface area contributed by atoms with Gasteiger partial charge in [-0.3, -0.25) is 0 Å². The molecule has 2 aromatic rings. The Balaban J connectivity index is 2.06. The molecule has 2 atom stereocenters. The maximum absolute atomic E-state index is 12.8. The fourth-order valence-corrected chi connectivity index (χ4v) is 4.84. The summed E-state index contributed by atoms with van der Waals surface area (Å²) < 4.78 is 12.8. The number of fused-ring (bicyclic) bond motifs is 1. The van der Waals surface area contributed by atoms with E-state index in [2.05, 4.69) is 24.0 Å². The summed E-state index contributed by atoms with van der Waals surface area (Å²) in [6.45, 7) is 2.99. The largest absolute Gasteiger partial charge is 0.611 e. The molecule has 0 saturated carbocycles. The van der Waals surface area contributed by atoms with Crippen LogP contribution in [-0.2, 0) is 11.2 Å². The summed E-state index contributed by atoms with van der Waals surface area (Å²) in [7, 11) is 0. The zero-order valence-electron chi connectivity index (χ0n) is 13.7. The van der Waals surface area contributed by atoms with Crippen molar-refractivity contribution < 1.29 is 9.66 Å². The van der Waals surface area contributed by atoms with E-state index in [9.17, 15) is 9.66 Å². The molecule has 0 radical (unpaired) electrons. The maximum Gasteiger partial charge on any atom is 0.180 e. The van der Waals surface area contributed by atoms with E-state index in [4.69, 9.17) is 11.6 Å². The van der Waals surface area contributed by atoms with E-state index in [0.29, 0.717) is 21.6 Å². The van der Waals surface area contributed by atoms with Crippen LogP contribution in [0.15, 0.2) is 47.4 Å². The minimum absolute atomic E-state index is 0.0104. The molecule has 5 heteroatoms. The lowest BCUT2D eigenvalue weighted by atomic mass is 10.0. The highest BCUT2D eigenvalue weighted by atomic mass is 35.5. The quantitative estimate of drug-likeness (QED) is 0.767. The van der Waals surface area contributed by atoms with Crippen LogP contribution in [0.5, 0.6) is 5.75 Å². The molecule has 1 heterocycles. The van der Waals surface area contributed by atoms with Gasteiger partial charge in [0.2, 0.25) is 0 Å². The zero-order chi connectivity index (χ0) is 17.1. The molecular weight excluding hydrogens is 342 g/mol. The van der Waals surface area contributed by atoms with E-state index in [1.165, 1.54) is 0 Å². The van der Waals surface area contributed by atoms with Crippen LogP contribution in [0.2, 0.25) is 5.02 Å². The molecule has 3 rings (SSSR count). The number of hydrogen-bond acceptors (Lipinski definition) is 3. The van der Waals surface area contributed by atoms with E-state index < -0.39 is 11.2 Å². The number of aromatic hydroxyl groups is 1. The zero-order valence-corrected chi connectivity index (χ0v) is 15.3. The van der Waals surface area contributed by atoms with E-state index >= 15 is 0 Å². The summed E-state index contributed by atoms with van der Waals surface area (Å²) in [5.41, 5.74) is 1.89. The van der Waals surface area contributed by atoms with Crippen molar-refractivity contribution in [3.8, 4) is 5.75 Å². The van der Waals surface area contributed by atoms with E-state index in [1.807, 2.05) is 18.2 Å². The number of hydrogen-bond donors (Lipinski definition) is 1. The van der Waals surface area contributed by atoms with Crippen molar-refractivity contribution in [3.63, 3.8) is 0 Å². The molecule has 0 amide bonds. The number of phenolic OH excluding ortho intramolecular Hbond substituents is 1. The van der Waals surface area contributed by atoms with Gasteiger partial charge in [0.05, 0.1) is 10.7 Å². The Kier molecular flexibility index (Phi) is 5.59. The molecule has 1 N–H and O–H groups in total. The van der Waals surface area contributed by atoms with Gasteiger partial charge in [-0.25, -0.2) is 0 Å². The molecule has 0 fully saturated rings. The number of rotatable bonds is 4. The van der Waals surface area contributed by atoms with Crippen LogP contribution in [0.3, 0.4) is 0 Å². The van der Waals surface area contributed by atoms with Gasteiger partial charge < -0.3 is 14.6 Å². The van der Waals surface area contributed by atoms with E-state index in [0.717, 1.165) is 37.2 Å². The lowest BCUT2D eigenvalue weighted by Gasteiger charge is -2.26. The SMILES string of the molecule is CCCC[C@H]1CN(c2ccccc2)c2cc(Cl)c(O)cc2[S+]([O-])C1. The van der Waals surface area contributed by atoms with Crippen LogP contribution >= 0.6 is 11.6 Å². The topological polar surface area (TPSA) is 46.5 Å². The third kappa shape index (κ3) is 3.66. The van der Waals surface area contributed by atoms with Crippen molar-refractivity contribution in [2.45, 2.75) is 31.1 Å². The summed E-state index contributed by atoms with van der Waals surface area (Å²) in [5, 5.41) is 10.3. The molecule has 0 aliphatic carbocycles. The summed E-state index contributed by atoms with van der Waals surface area (Å²) in [5.74, 6) is 0.959. The van der Waals surface area contributed by atoms with Gasteiger partial charge >= 0.3 is 0 Å². The second-order valence-corrected chi connectivity index (χ2v) is 8.11. The number of benzene rings is 2. The third-order valence-corrected chi connectivity index (χ3v) is 6.32. The van der Waals surface area contributed by atoms with Crippen LogP contribution in [-0.4, -0.2) is 22.0 Å². The number of nitrogens with zero attached hydrogens (tertiary/aromatic N) is 1. The molecule has 2 aromatic carbocycles. The van der Waals surface area contributed by atoms with Crippen molar-refractivity contribution in [2.24, 2.45) is 5.92 Å². The second kappa shape index (κ2) is 7.68. The second-order valence-electron chi connectivity index (χ2n) is 6.24. The molecule has 0 saturated heterocycles. The van der Waals surface area contributed by atoms with Gasteiger partial charge in [0.25, 0.3) is 0 Å². The number of para-hydroxylation sites is 1. The first kappa shape index (κ1) is 17.5. The highest BCUT2D eigenvalue weighted by Gasteiger charge is 2.32. The van der Waals surface area contributed by atoms with Crippen molar-refractivity contribution in [1.82, 2.24) is 0 Å². The summed E-state index contributed by atoms with van der Waals surface area (Å²) >= 11 is 5.00. The lowest BCUT2D eigenvalue weighted by Crippen LogP contribution is -2.26. The molecule has 0 aromatic heterocycles. The van der Waals surface area contributed by atoms with Crippen molar-refractivity contribution in [3.05, 3.63) is 47.5 Å². The number of phenols is 1. The van der Waals surface area contributed by atoms with Crippen LogP contribution in [0.1, 0.15) is 26.2 Å². The minimum atomic E-state index is -1.14. The van der Waals surface area contributed by atoms with Gasteiger partial charge in [0.15, 0.2) is 4.90 Å². The average Bonchev–Trinajstić information content (AvgIpc) is 2.72. The van der Waals surface area contributed by atoms with Gasteiger partial charge in [0, 0.05) is 24.2 Å². The Morgan fingerprint density at radius 3 is 2.75 bits per heavy atom. The maximum atomic E-state index is 12.8. The van der Waals surface area contributed by atoms with Crippen LogP contribution in [0.4, 0.5) is 11.4 Å². The number of unbranched alkanes of at least 4 members (excludes halogenated alkanes) is 1. The molecule has 1 unspecified atom stereocenters. The van der Waals surface area contributed by atoms with Crippen LogP contribution in [0, 0.1) is 5.92 Å². The molecule has 0 bridgehead atoms. The van der Waals surface area contributed by atoms with Gasteiger partial charge in [-0.2, -0.15) is 0 Å². The average molecular weight is 364 g/mol. The molecule has 24 heavy (non-hydrogen) atoms. The fourth-order valence-electron chi connectivity index (χ4n) is 3.16. The predicted molar refractivity (Wildman–Crippen MR) is 101 cm³/mol. The highest BCUT2D eigenvalue weighted by molar-refractivity contribution is 7.91. The Morgan fingerprint density at radius 1 is 1.29 bits per heavy atom. The standard InChI is InChI=1S/C19H22ClNO2S/c1-2-3-7-14-12-21(15-8-5-4-6-9-15)17-10-16(20)18(22)11-19(17)24(23)13-14/h4-6,8-11,14,22H,2-3,7,12-13H2,1H3/t14-,24?/m0/s1. The lowest BCUT2D eigenvalue weighted by molar-refractivity contribution is 0.473. The van der Waals surface area contributed by atoms with Gasteiger partial charge in [-0.1, -0.05) is 49.6 Å². The first-order chi connectivity index (χ1) is 11.6. The Morgan fingerprint density at radius 2 is 2.04 bits per heavy atom. The molecule has 128 valence electrons. The Hall–Kier alpha value is -1.36. The smallest absolute Gasteiger partial charge is 0.180 e. The summed E-state index contributed by atoms with van der Waals surface area (Å²) in [6, 6.07) is 13.4. The predicted octanol–water partition coefficient (Wildman–Crippen LogP) is 5.11. The minimum Gasteiger partial charge on any atom is -0.611 e. The molecule has 0 spiro atoms. The Bertz CT molecular complexity index is 695. The fraction of sp³-hybridized carbons (Fsp3) is 0.368. The molecule has 1 aliphatic rings. The van der Waals surface area contributed by atoms with Crippen LogP contribution in [0.25, 0.3) is 0 Å². The number of anilines is 2. The summed E-state index contributed by atoms with van der Waals surface area (Å²) in [4.78, 5) is 2.85. The molecule has 3 nitrogen and oxygen atoms in total.